The molecule has 0 aliphatic carbocycles. The van der Waals surface area contributed by atoms with E-state index < -0.39 is 26.5 Å². The van der Waals surface area contributed by atoms with Gasteiger partial charge in [0.25, 0.3) is 0 Å². The normalized spacial score (nSPS) is 13.3. The highest BCUT2D eigenvalue weighted by molar-refractivity contribution is 7.47. The van der Waals surface area contributed by atoms with Crippen molar-refractivity contribution in [1.29, 1.82) is 0 Å². The van der Waals surface area contributed by atoms with E-state index in [9.17, 15) is 19.0 Å². The predicted molar refractivity (Wildman–Crippen MR) is 218 cm³/mol. The minimum atomic E-state index is -4.38. The van der Waals surface area contributed by atoms with Gasteiger partial charge in [0.1, 0.15) is 19.8 Å². The number of rotatable bonds is 34. The van der Waals surface area contributed by atoms with Gasteiger partial charge in [0.05, 0.1) is 27.7 Å². The second kappa shape index (κ2) is 29.7. The number of nitrogens with zero attached hydrogens (tertiary/aromatic N) is 1. The van der Waals surface area contributed by atoms with Gasteiger partial charge in [-0.05, 0) is 49.7 Å². The van der Waals surface area contributed by atoms with E-state index in [1.165, 1.54) is 75.3 Å². The summed E-state index contributed by atoms with van der Waals surface area (Å²) in [5, 5.41) is 0. The van der Waals surface area contributed by atoms with Crippen LogP contribution in [0.15, 0.2) is 60.7 Å². The maximum Gasteiger partial charge on any atom is 0.472 e. The predicted octanol–water partition coefficient (Wildman–Crippen LogP) is 10.6. The van der Waals surface area contributed by atoms with Crippen molar-refractivity contribution < 1.29 is 42.1 Å². The number of esters is 2. The van der Waals surface area contributed by atoms with Crippen molar-refractivity contribution in [2.24, 2.45) is 0 Å². The number of ether oxygens (including phenoxy) is 2. The number of phosphoric ester groups is 1. The van der Waals surface area contributed by atoms with Gasteiger partial charge in [-0.25, -0.2) is 4.57 Å². The van der Waals surface area contributed by atoms with Gasteiger partial charge >= 0.3 is 19.8 Å². The number of likely N-dealkylation sites (N-methyl/N-ethyl adjacent to an activating group) is 1. The molecule has 0 amide bonds. The van der Waals surface area contributed by atoms with Crippen LogP contribution in [0.3, 0.4) is 0 Å². The van der Waals surface area contributed by atoms with Crippen LogP contribution in [0, 0.1) is 0 Å². The fourth-order valence-electron chi connectivity index (χ4n) is 6.22. The highest BCUT2D eigenvalue weighted by atomic mass is 31.2. The Balaban J connectivity index is 1.58. The summed E-state index contributed by atoms with van der Waals surface area (Å²) in [6.45, 7) is -0.110. The molecule has 0 aliphatic heterocycles. The Hall–Kier alpha value is -2.55. The topological polar surface area (TPSA) is 108 Å². The molecule has 2 aromatic carbocycles. The van der Waals surface area contributed by atoms with E-state index in [0.29, 0.717) is 17.4 Å². The quantitative estimate of drug-likeness (QED) is 0.0324. The molecule has 306 valence electrons. The summed E-state index contributed by atoms with van der Waals surface area (Å²) in [4.78, 5) is 35.4. The first-order valence-electron chi connectivity index (χ1n) is 20.9. The number of unbranched alkanes of at least 4 members (excludes halogenated alkanes) is 16. The molecule has 10 heteroatoms. The van der Waals surface area contributed by atoms with Gasteiger partial charge in [-0.3, -0.25) is 18.6 Å². The van der Waals surface area contributed by atoms with Crippen LogP contribution in [0.25, 0.3) is 0 Å². The molecule has 9 nitrogen and oxygen atoms in total. The second-order valence-corrected chi connectivity index (χ2v) is 17.2. The number of quaternary nitrogens is 1. The average molecular weight is 775 g/mol. The summed E-state index contributed by atoms with van der Waals surface area (Å²) < 4.78 is 34.3. The maximum atomic E-state index is 12.7. The Labute approximate surface area is 327 Å². The molecule has 0 fully saturated rings. The van der Waals surface area contributed by atoms with Crippen LogP contribution in [0.4, 0.5) is 0 Å². The Morgan fingerprint density at radius 3 is 1.43 bits per heavy atom. The van der Waals surface area contributed by atoms with Crippen molar-refractivity contribution >= 4 is 19.8 Å². The van der Waals surface area contributed by atoms with E-state index in [-0.39, 0.29) is 32.0 Å². The molecule has 0 aromatic heterocycles. The van der Waals surface area contributed by atoms with Crippen molar-refractivity contribution in [3.05, 3.63) is 71.8 Å². The lowest BCUT2D eigenvalue weighted by atomic mass is 10.0. The molecular weight excluding hydrogens is 701 g/mol. The van der Waals surface area contributed by atoms with E-state index in [4.69, 9.17) is 18.5 Å². The average Bonchev–Trinajstić information content (AvgIpc) is 3.14. The van der Waals surface area contributed by atoms with Gasteiger partial charge in [-0.1, -0.05) is 151 Å². The van der Waals surface area contributed by atoms with E-state index in [2.05, 4.69) is 60.7 Å². The summed E-state index contributed by atoms with van der Waals surface area (Å²) in [5.74, 6) is -0.815. The van der Waals surface area contributed by atoms with Crippen molar-refractivity contribution in [2.75, 3.05) is 47.5 Å². The number of hydrogen-bond donors (Lipinski definition) is 1. The zero-order valence-electron chi connectivity index (χ0n) is 33.9. The largest absolute Gasteiger partial charge is 0.472 e. The highest BCUT2D eigenvalue weighted by Gasteiger charge is 2.27. The van der Waals surface area contributed by atoms with Crippen LogP contribution in [-0.2, 0) is 45.5 Å². The van der Waals surface area contributed by atoms with Gasteiger partial charge in [0, 0.05) is 12.8 Å². The standard InChI is InChI=1S/C44H72NO8P/c1-45(2,3)36-37-51-54(48,49)52-39-42(53-44(47)35-27-17-13-9-5-7-11-15-21-29-41-32-24-19-25-33-41)38-50-43(46)34-26-16-12-8-4-6-10-14-20-28-40-30-22-18-23-31-40/h18-19,22-25,30-33,42H,4-17,20-21,26-29,34-39H2,1-3H3/p+1/t42-/m1/s1. The molecule has 1 N–H and O–H groups in total. The Morgan fingerprint density at radius 1 is 0.574 bits per heavy atom. The number of carbonyl (C=O) groups is 2. The van der Waals surface area contributed by atoms with Crippen LogP contribution in [0.2, 0.25) is 0 Å². The number of phosphoric acid groups is 1. The van der Waals surface area contributed by atoms with Gasteiger partial charge in [0.15, 0.2) is 6.10 Å². The lowest BCUT2D eigenvalue weighted by Crippen LogP contribution is -2.37. The van der Waals surface area contributed by atoms with Crippen molar-refractivity contribution in [3.63, 3.8) is 0 Å². The molecule has 1 unspecified atom stereocenters. The van der Waals surface area contributed by atoms with Gasteiger partial charge in [-0.2, -0.15) is 0 Å². The minimum absolute atomic E-state index is 0.0275. The lowest BCUT2D eigenvalue weighted by molar-refractivity contribution is -0.870. The molecule has 0 radical (unpaired) electrons. The van der Waals surface area contributed by atoms with E-state index >= 15 is 0 Å². The number of carbonyl (C=O) groups excluding carboxylic acids is 2. The molecule has 0 aliphatic rings. The molecule has 2 rings (SSSR count). The molecule has 54 heavy (non-hydrogen) atoms. The Bertz CT molecular complexity index is 1270. The monoisotopic (exact) mass is 775 g/mol. The minimum Gasteiger partial charge on any atom is -0.462 e. The lowest BCUT2D eigenvalue weighted by Gasteiger charge is -2.24. The number of benzene rings is 2. The first kappa shape index (κ1) is 47.6. The van der Waals surface area contributed by atoms with Crippen LogP contribution >= 0.6 is 7.82 Å². The molecule has 2 aromatic rings. The molecule has 0 saturated heterocycles. The third-order valence-corrected chi connectivity index (χ3v) is 10.5. The Kier molecular flexibility index (Phi) is 26.2. The Morgan fingerprint density at radius 2 is 0.981 bits per heavy atom. The highest BCUT2D eigenvalue weighted by Crippen LogP contribution is 2.43. The molecule has 0 saturated carbocycles. The first-order valence-corrected chi connectivity index (χ1v) is 22.4. The molecule has 0 heterocycles. The van der Waals surface area contributed by atoms with E-state index in [1.807, 2.05) is 21.1 Å². The smallest absolute Gasteiger partial charge is 0.462 e. The van der Waals surface area contributed by atoms with E-state index in [0.717, 1.165) is 57.8 Å². The fraction of sp³-hybridized carbons (Fsp3) is 0.682. The zero-order valence-corrected chi connectivity index (χ0v) is 34.8. The number of hydrogen-bond acceptors (Lipinski definition) is 7. The van der Waals surface area contributed by atoms with Gasteiger partial charge in [0.2, 0.25) is 0 Å². The molecule has 2 atom stereocenters. The van der Waals surface area contributed by atoms with Crippen LogP contribution in [0.5, 0.6) is 0 Å². The third kappa shape index (κ3) is 27.9. The summed E-state index contributed by atoms with van der Waals surface area (Å²) in [5.41, 5.74) is 2.82. The van der Waals surface area contributed by atoms with Crippen LogP contribution in [-0.4, -0.2) is 74.9 Å². The summed E-state index contributed by atoms with van der Waals surface area (Å²) in [7, 11) is 1.46. The molecule has 0 spiro atoms. The SMILES string of the molecule is C[N+](C)(C)CCOP(=O)(O)OC[C@@H](COC(=O)CCCCCCCCCCCc1ccccc1)OC(=O)CCCCCCCCCCCc1ccccc1. The second-order valence-electron chi connectivity index (χ2n) is 15.7. The van der Waals surface area contributed by atoms with Crippen molar-refractivity contribution in [3.8, 4) is 0 Å². The summed E-state index contributed by atoms with van der Waals surface area (Å²) in [6.07, 6.45) is 22.0. The molecular formula is C44H73NO8P+. The maximum absolute atomic E-state index is 12.7. The van der Waals surface area contributed by atoms with E-state index in [1.54, 1.807) is 0 Å². The van der Waals surface area contributed by atoms with Gasteiger partial charge in [-0.15, -0.1) is 0 Å². The first-order chi connectivity index (χ1) is 26.0. The van der Waals surface area contributed by atoms with Crippen LogP contribution in [0.1, 0.15) is 140 Å². The summed E-state index contributed by atoms with van der Waals surface area (Å²) in [6, 6.07) is 21.3. The molecule has 0 bridgehead atoms. The van der Waals surface area contributed by atoms with Crippen molar-refractivity contribution in [2.45, 2.75) is 147 Å². The number of aryl methyl sites for hydroxylation is 2. The summed E-state index contributed by atoms with van der Waals surface area (Å²) >= 11 is 0. The van der Waals surface area contributed by atoms with Crippen molar-refractivity contribution in [1.82, 2.24) is 0 Å². The van der Waals surface area contributed by atoms with Gasteiger partial charge < -0.3 is 18.9 Å². The zero-order chi connectivity index (χ0) is 39.2. The van der Waals surface area contributed by atoms with Crippen LogP contribution < -0.4 is 0 Å². The third-order valence-electron chi connectivity index (χ3n) is 9.55. The fourth-order valence-corrected chi connectivity index (χ4v) is 6.97.